The second-order valence-corrected chi connectivity index (χ2v) is 7.58. The highest BCUT2D eigenvalue weighted by Crippen LogP contribution is 2.29. The van der Waals surface area contributed by atoms with Crippen molar-refractivity contribution in [3.63, 3.8) is 0 Å². The van der Waals surface area contributed by atoms with Crippen LogP contribution in [0.1, 0.15) is 21.6 Å². The molecule has 3 aromatic rings. The number of rotatable bonds is 8. The monoisotopic (exact) mass is 538 g/mol. The van der Waals surface area contributed by atoms with E-state index in [-0.39, 0.29) is 39.2 Å². The minimum absolute atomic E-state index is 0.0252. The van der Waals surface area contributed by atoms with Crippen molar-refractivity contribution in [2.24, 2.45) is 10.7 Å². The molecule has 0 aliphatic heterocycles. The van der Waals surface area contributed by atoms with Crippen LogP contribution in [0.25, 0.3) is 11.4 Å². The van der Waals surface area contributed by atoms with E-state index in [1.807, 2.05) is 0 Å². The lowest BCUT2D eigenvalue weighted by Gasteiger charge is -2.12. The first-order valence-corrected chi connectivity index (χ1v) is 10.5. The number of nitrogens with one attached hydrogen (secondary N) is 1. The summed E-state index contributed by atoms with van der Waals surface area (Å²) in [5, 5.41) is 6.12. The zero-order valence-corrected chi connectivity index (χ0v) is 20.1. The smallest absolute Gasteiger partial charge is 0.435 e. The number of alkyl halides is 3. The lowest BCUT2D eigenvalue weighted by molar-refractivity contribution is -0.141. The highest BCUT2D eigenvalue weighted by Gasteiger charge is 2.34. The van der Waals surface area contributed by atoms with Gasteiger partial charge in [0.05, 0.1) is 19.2 Å². The van der Waals surface area contributed by atoms with Crippen LogP contribution < -0.4 is 15.8 Å². The third-order valence-electron chi connectivity index (χ3n) is 4.72. The van der Waals surface area contributed by atoms with E-state index in [4.69, 9.17) is 26.8 Å². The van der Waals surface area contributed by atoms with Crippen LogP contribution >= 0.6 is 11.6 Å². The zero-order chi connectivity index (χ0) is 27.3. The van der Waals surface area contributed by atoms with Crippen molar-refractivity contribution in [1.82, 2.24) is 14.8 Å². The Morgan fingerprint density at radius 1 is 1.27 bits per heavy atom. The van der Waals surface area contributed by atoms with E-state index in [0.717, 1.165) is 30.1 Å². The number of halogens is 5. The fourth-order valence-corrected chi connectivity index (χ4v) is 3.14. The normalized spacial score (nSPS) is 12.3. The summed E-state index contributed by atoms with van der Waals surface area (Å²) in [7, 11) is 2.45. The molecule has 0 bridgehead atoms. The molecule has 2 heterocycles. The molecule has 0 fully saturated rings. The van der Waals surface area contributed by atoms with Crippen LogP contribution in [-0.2, 0) is 10.9 Å². The fraction of sp³-hybridized carbons (Fsp3) is 0.130. The maximum Gasteiger partial charge on any atom is 0.435 e. The van der Waals surface area contributed by atoms with Gasteiger partial charge in [-0.25, -0.2) is 23.8 Å². The molecule has 14 heteroatoms. The Labute approximate surface area is 212 Å². The third kappa shape index (κ3) is 6.44. The first kappa shape index (κ1) is 27.2. The van der Waals surface area contributed by atoms with E-state index < -0.39 is 23.7 Å². The molecule has 0 amide bonds. The van der Waals surface area contributed by atoms with Gasteiger partial charge in [0.25, 0.3) is 0 Å². The molecule has 9 nitrogen and oxygen atoms in total. The van der Waals surface area contributed by atoms with E-state index in [9.17, 15) is 22.4 Å². The average Bonchev–Trinajstić information content (AvgIpc) is 3.37. The number of aliphatic imine (C=N–C) groups is 1. The number of anilines is 1. The van der Waals surface area contributed by atoms with E-state index >= 15 is 0 Å². The number of hydrogen-bond donors (Lipinski definition) is 2. The summed E-state index contributed by atoms with van der Waals surface area (Å²) in [5.41, 5.74) is 5.49. The highest BCUT2D eigenvalue weighted by molar-refractivity contribution is 6.31. The molecule has 3 N–H and O–H groups in total. The largest absolute Gasteiger partial charge is 0.480 e. The van der Waals surface area contributed by atoms with Gasteiger partial charge in [-0.1, -0.05) is 18.2 Å². The quantitative estimate of drug-likeness (QED) is 0.240. The van der Waals surface area contributed by atoms with Crippen molar-refractivity contribution in [3.8, 4) is 5.88 Å². The summed E-state index contributed by atoms with van der Waals surface area (Å²) in [5.74, 6) is -1.69. The molecule has 194 valence electrons. The number of methoxy groups -OCH3 is 2. The predicted octanol–water partition coefficient (Wildman–Crippen LogP) is 4.82. The van der Waals surface area contributed by atoms with Gasteiger partial charge in [-0.15, -0.1) is 0 Å². The molecule has 0 radical (unpaired) electrons. The molecule has 0 saturated carbocycles. The number of benzene rings is 1. The number of aromatic nitrogens is 3. The Hall–Kier alpha value is -4.39. The van der Waals surface area contributed by atoms with Gasteiger partial charge in [0.15, 0.2) is 5.69 Å². The van der Waals surface area contributed by atoms with E-state index in [2.05, 4.69) is 27.0 Å². The van der Waals surface area contributed by atoms with Crippen molar-refractivity contribution >= 4 is 40.9 Å². The van der Waals surface area contributed by atoms with Crippen LogP contribution in [0.3, 0.4) is 0 Å². The van der Waals surface area contributed by atoms with Gasteiger partial charge in [0.1, 0.15) is 23.0 Å². The molecule has 0 unspecified atom stereocenters. The number of pyridine rings is 1. The van der Waals surface area contributed by atoms with Gasteiger partial charge in [-0.3, -0.25) is 0 Å². The summed E-state index contributed by atoms with van der Waals surface area (Å²) in [4.78, 5) is 20.4. The number of carbonyl (C=O) groups is 1. The summed E-state index contributed by atoms with van der Waals surface area (Å²) in [6.45, 7) is 3.73. The summed E-state index contributed by atoms with van der Waals surface area (Å²) < 4.78 is 63.3. The Bertz CT molecular complexity index is 1400. The molecule has 0 spiro atoms. The molecule has 37 heavy (non-hydrogen) atoms. The lowest BCUT2D eigenvalue weighted by atomic mass is 10.1. The molecule has 1 aromatic carbocycles. The molecular formula is C23H19ClF4N6O3. The number of nitrogens with two attached hydrogens (primary N) is 1. The molecule has 0 atom stereocenters. The Morgan fingerprint density at radius 2 is 2.00 bits per heavy atom. The standard InChI is InChI=1S/C23H19ClF4N6O3/c1-12(32-14-4-5-18(25)17(24)9-14)30-11-16(20(29)34-7-6-19(33-34)23(26,27)28)13-8-15(22(35)37-3)21(36-2)31-10-13/h4-11,32H,1,29H2,2-3H3/b20-16-,30-11-. The SMILES string of the molecule is C=C(/N=C\C(=C(/N)n1ccc(C(F)(F)F)n1)c1cnc(OC)c(C(=O)OC)c1)Nc1ccc(F)c(Cl)c1. The lowest BCUT2D eigenvalue weighted by Crippen LogP contribution is -2.14. The maximum atomic E-state index is 13.4. The van der Waals surface area contributed by atoms with Gasteiger partial charge in [0, 0.05) is 35.4 Å². The van der Waals surface area contributed by atoms with Crippen molar-refractivity contribution < 1.29 is 31.8 Å². The number of hydrogen-bond acceptors (Lipinski definition) is 8. The van der Waals surface area contributed by atoms with Crippen LogP contribution in [0.15, 0.2) is 60.1 Å². The number of nitrogens with zero attached hydrogens (tertiary/aromatic N) is 4. The fourth-order valence-electron chi connectivity index (χ4n) is 2.95. The van der Waals surface area contributed by atoms with Crippen LogP contribution in [0.2, 0.25) is 5.02 Å². The molecule has 0 saturated heterocycles. The van der Waals surface area contributed by atoms with Crippen molar-refractivity contribution in [1.29, 1.82) is 0 Å². The van der Waals surface area contributed by atoms with Crippen LogP contribution in [0.4, 0.5) is 23.2 Å². The minimum Gasteiger partial charge on any atom is -0.480 e. The van der Waals surface area contributed by atoms with Gasteiger partial charge in [-0.2, -0.15) is 18.3 Å². The Kier molecular flexibility index (Phi) is 8.17. The summed E-state index contributed by atoms with van der Waals surface area (Å²) in [6, 6.07) is 5.90. The van der Waals surface area contributed by atoms with Crippen LogP contribution in [0, 0.1) is 5.82 Å². The van der Waals surface area contributed by atoms with Gasteiger partial charge < -0.3 is 20.5 Å². The summed E-state index contributed by atoms with van der Waals surface area (Å²) in [6.07, 6.45) is -1.25. The maximum absolute atomic E-state index is 13.4. The Balaban J connectivity index is 2.07. The van der Waals surface area contributed by atoms with E-state index in [1.165, 1.54) is 37.7 Å². The average molecular weight is 539 g/mol. The van der Waals surface area contributed by atoms with Crippen molar-refractivity contribution in [3.05, 3.63) is 82.8 Å². The van der Waals surface area contributed by atoms with Crippen LogP contribution in [0.5, 0.6) is 5.88 Å². The van der Waals surface area contributed by atoms with Gasteiger partial charge >= 0.3 is 12.1 Å². The molecular weight excluding hydrogens is 520 g/mol. The molecule has 0 aliphatic rings. The number of ether oxygens (including phenoxy) is 2. The number of carbonyl (C=O) groups excluding carboxylic acids is 1. The topological polar surface area (TPSA) is 117 Å². The molecule has 2 aromatic heterocycles. The second kappa shape index (κ2) is 11.1. The first-order chi connectivity index (χ1) is 17.4. The van der Waals surface area contributed by atoms with Gasteiger partial charge in [-0.05, 0) is 30.3 Å². The van der Waals surface area contributed by atoms with Crippen LogP contribution in [-0.4, -0.2) is 41.2 Å². The van der Waals surface area contributed by atoms with Crippen molar-refractivity contribution in [2.75, 3.05) is 19.5 Å². The number of allylic oxidation sites excluding steroid dienone is 1. The number of esters is 1. The highest BCUT2D eigenvalue weighted by atomic mass is 35.5. The third-order valence-corrected chi connectivity index (χ3v) is 5.01. The van der Waals surface area contributed by atoms with E-state index in [1.54, 1.807) is 0 Å². The van der Waals surface area contributed by atoms with E-state index in [0.29, 0.717) is 5.69 Å². The van der Waals surface area contributed by atoms with Gasteiger partial charge in [0.2, 0.25) is 5.88 Å². The second-order valence-electron chi connectivity index (χ2n) is 7.17. The van der Waals surface area contributed by atoms with Crippen molar-refractivity contribution in [2.45, 2.75) is 6.18 Å². The minimum atomic E-state index is -4.70. The molecule has 3 rings (SSSR count). The zero-order valence-electron chi connectivity index (χ0n) is 19.3. The first-order valence-electron chi connectivity index (χ1n) is 10.1. The Morgan fingerprint density at radius 3 is 2.59 bits per heavy atom. The molecule has 0 aliphatic carbocycles. The summed E-state index contributed by atoms with van der Waals surface area (Å²) >= 11 is 5.77. The predicted molar refractivity (Wildman–Crippen MR) is 129 cm³/mol.